The SMILES string of the molecule is Nc1cc(-c2ccsc2)ccc1C(=O)O. The third-order valence-electron chi connectivity index (χ3n) is 2.14. The molecule has 4 heteroatoms. The maximum Gasteiger partial charge on any atom is 0.337 e. The fraction of sp³-hybridized carbons (Fsp3) is 0. The van der Waals surface area contributed by atoms with Crippen LogP contribution >= 0.6 is 11.3 Å². The predicted molar refractivity (Wildman–Crippen MR) is 61.1 cm³/mol. The molecule has 15 heavy (non-hydrogen) atoms. The van der Waals surface area contributed by atoms with Gasteiger partial charge in [-0.15, -0.1) is 0 Å². The minimum absolute atomic E-state index is 0.147. The average molecular weight is 219 g/mol. The third-order valence-corrected chi connectivity index (χ3v) is 2.82. The van der Waals surface area contributed by atoms with Crippen molar-refractivity contribution in [3.05, 3.63) is 40.6 Å². The van der Waals surface area contributed by atoms with E-state index in [9.17, 15) is 4.79 Å². The second kappa shape index (κ2) is 3.74. The molecule has 1 aromatic heterocycles. The van der Waals surface area contributed by atoms with Crippen LogP contribution < -0.4 is 5.73 Å². The fourth-order valence-corrected chi connectivity index (χ4v) is 2.03. The zero-order chi connectivity index (χ0) is 10.8. The Labute approximate surface area is 90.8 Å². The number of hydrogen-bond donors (Lipinski definition) is 2. The van der Waals surface area contributed by atoms with E-state index >= 15 is 0 Å². The van der Waals surface area contributed by atoms with Crippen molar-refractivity contribution < 1.29 is 9.90 Å². The Kier molecular flexibility index (Phi) is 2.43. The number of nitrogens with two attached hydrogens (primary N) is 1. The molecule has 1 heterocycles. The van der Waals surface area contributed by atoms with Gasteiger partial charge in [0.15, 0.2) is 0 Å². The van der Waals surface area contributed by atoms with Crippen molar-refractivity contribution in [3.63, 3.8) is 0 Å². The highest BCUT2D eigenvalue weighted by atomic mass is 32.1. The van der Waals surface area contributed by atoms with E-state index in [1.807, 2.05) is 16.8 Å². The molecule has 0 saturated heterocycles. The Morgan fingerprint density at radius 1 is 1.27 bits per heavy atom. The van der Waals surface area contributed by atoms with Gasteiger partial charge < -0.3 is 10.8 Å². The molecule has 0 aliphatic heterocycles. The molecule has 0 aliphatic rings. The zero-order valence-corrected chi connectivity index (χ0v) is 8.62. The lowest BCUT2D eigenvalue weighted by molar-refractivity contribution is 0.0698. The zero-order valence-electron chi connectivity index (χ0n) is 7.81. The van der Waals surface area contributed by atoms with Gasteiger partial charge >= 0.3 is 5.97 Å². The Bertz CT molecular complexity index is 491. The van der Waals surface area contributed by atoms with Crippen LogP contribution in [0.2, 0.25) is 0 Å². The standard InChI is InChI=1S/C11H9NO2S/c12-10-5-7(8-3-4-15-6-8)1-2-9(10)11(13)14/h1-6H,12H2,(H,13,14). The predicted octanol–water partition coefficient (Wildman–Crippen LogP) is 2.70. The highest BCUT2D eigenvalue weighted by Crippen LogP contribution is 2.25. The Morgan fingerprint density at radius 2 is 2.07 bits per heavy atom. The topological polar surface area (TPSA) is 63.3 Å². The second-order valence-corrected chi connectivity index (χ2v) is 3.90. The second-order valence-electron chi connectivity index (χ2n) is 3.12. The highest BCUT2D eigenvalue weighted by Gasteiger charge is 2.08. The summed E-state index contributed by atoms with van der Waals surface area (Å²) in [4.78, 5) is 10.7. The molecule has 0 atom stereocenters. The van der Waals surface area contributed by atoms with Crippen molar-refractivity contribution in [3.8, 4) is 11.1 Å². The monoisotopic (exact) mass is 219 g/mol. The van der Waals surface area contributed by atoms with Crippen molar-refractivity contribution >= 4 is 23.0 Å². The largest absolute Gasteiger partial charge is 0.478 e. The lowest BCUT2D eigenvalue weighted by atomic mass is 10.1. The van der Waals surface area contributed by atoms with Crippen LogP contribution in [0.25, 0.3) is 11.1 Å². The first-order valence-corrected chi connectivity index (χ1v) is 5.28. The molecule has 0 amide bonds. The number of benzene rings is 1. The average Bonchev–Trinajstić information content (AvgIpc) is 2.69. The van der Waals surface area contributed by atoms with Gasteiger partial charge in [0.25, 0.3) is 0 Å². The summed E-state index contributed by atoms with van der Waals surface area (Å²) in [6.45, 7) is 0. The Hall–Kier alpha value is -1.81. The van der Waals surface area contributed by atoms with Crippen LogP contribution in [0.4, 0.5) is 5.69 Å². The quantitative estimate of drug-likeness (QED) is 0.763. The molecule has 0 fully saturated rings. The van der Waals surface area contributed by atoms with E-state index in [0.29, 0.717) is 5.69 Å². The van der Waals surface area contributed by atoms with Crippen LogP contribution in [0, 0.1) is 0 Å². The summed E-state index contributed by atoms with van der Waals surface area (Å²) in [5.74, 6) is -0.996. The van der Waals surface area contributed by atoms with Gasteiger partial charge in [-0.05, 0) is 40.1 Å². The minimum Gasteiger partial charge on any atom is -0.478 e. The van der Waals surface area contributed by atoms with Gasteiger partial charge in [0.1, 0.15) is 0 Å². The minimum atomic E-state index is -0.996. The number of carbonyl (C=O) groups is 1. The summed E-state index contributed by atoms with van der Waals surface area (Å²) in [7, 11) is 0. The van der Waals surface area contributed by atoms with Crippen LogP contribution in [0.15, 0.2) is 35.0 Å². The molecule has 1 aromatic carbocycles. The van der Waals surface area contributed by atoms with Gasteiger partial charge in [0.2, 0.25) is 0 Å². The number of carboxylic acids is 1. The molecule has 76 valence electrons. The van der Waals surface area contributed by atoms with Crippen molar-refractivity contribution in [2.24, 2.45) is 0 Å². The number of nitrogen functional groups attached to an aromatic ring is 1. The molecule has 3 nitrogen and oxygen atoms in total. The van der Waals surface area contributed by atoms with Crippen LogP contribution in [0.5, 0.6) is 0 Å². The molecular weight excluding hydrogens is 210 g/mol. The molecule has 0 aliphatic carbocycles. The number of carboxylic acid groups (broad SMARTS) is 1. The van der Waals surface area contributed by atoms with E-state index in [-0.39, 0.29) is 5.56 Å². The van der Waals surface area contributed by atoms with Gasteiger partial charge in [0, 0.05) is 5.69 Å². The lowest BCUT2D eigenvalue weighted by Gasteiger charge is -2.03. The lowest BCUT2D eigenvalue weighted by Crippen LogP contribution is -2.01. The Balaban J connectivity index is 2.47. The molecule has 0 bridgehead atoms. The van der Waals surface area contributed by atoms with E-state index in [2.05, 4.69) is 0 Å². The summed E-state index contributed by atoms with van der Waals surface area (Å²) in [6.07, 6.45) is 0. The van der Waals surface area contributed by atoms with E-state index < -0.39 is 5.97 Å². The number of aromatic carboxylic acids is 1. The van der Waals surface area contributed by atoms with Crippen LogP contribution in [-0.4, -0.2) is 11.1 Å². The van der Waals surface area contributed by atoms with Gasteiger partial charge in [0.05, 0.1) is 5.56 Å². The van der Waals surface area contributed by atoms with Gasteiger partial charge in [-0.3, -0.25) is 0 Å². The summed E-state index contributed by atoms with van der Waals surface area (Å²) < 4.78 is 0. The van der Waals surface area contributed by atoms with E-state index in [1.165, 1.54) is 6.07 Å². The molecule has 0 radical (unpaired) electrons. The molecule has 3 N–H and O–H groups in total. The van der Waals surface area contributed by atoms with Crippen LogP contribution in [0.3, 0.4) is 0 Å². The van der Waals surface area contributed by atoms with Crippen molar-refractivity contribution in [1.82, 2.24) is 0 Å². The molecule has 2 aromatic rings. The summed E-state index contributed by atoms with van der Waals surface area (Å²) in [6, 6.07) is 6.96. The summed E-state index contributed by atoms with van der Waals surface area (Å²) in [5.41, 5.74) is 8.10. The normalized spacial score (nSPS) is 10.1. The fourth-order valence-electron chi connectivity index (χ4n) is 1.37. The van der Waals surface area contributed by atoms with E-state index in [0.717, 1.165) is 11.1 Å². The van der Waals surface area contributed by atoms with Crippen LogP contribution in [0.1, 0.15) is 10.4 Å². The van der Waals surface area contributed by atoms with Crippen LogP contribution in [-0.2, 0) is 0 Å². The number of thiophene rings is 1. The van der Waals surface area contributed by atoms with Crippen molar-refractivity contribution in [1.29, 1.82) is 0 Å². The van der Waals surface area contributed by atoms with E-state index in [4.69, 9.17) is 10.8 Å². The summed E-state index contributed by atoms with van der Waals surface area (Å²) >= 11 is 1.59. The van der Waals surface area contributed by atoms with E-state index in [1.54, 1.807) is 23.5 Å². The molecule has 2 rings (SSSR count). The number of rotatable bonds is 2. The highest BCUT2D eigenvalue weighted by molar-refractivity contribution is 7.08. The molecule has 0 unspecified atom stereocenters. The third kappa shape index (κ3) is 1.85. The first kappa shape index (κ1) is 9.73. The van der Waals surface area contributed by atoms with Gasteiger partial charge in [-0.1, -0.05) is 6.07 Å². The Morgan fingerprint density at radius 3 is 2.60 bits per heavy atom. The number of hydrogen-bond acceptors (Lipinski definition) is 3. The maximum atomic E-state index is 10.7. The molecule has 0 spiro atoms. The molecular formula is C11H9NO2S. The first-order chi connectivity index (χ1) is 7.18. The molecule has 0 saturated carbocycles. The van der Waals surface area contributed by atoms with Crippen molar-refractivity contribution in [2.75, 3.05) is 5.73 Å². The first-order valence-electron chi connectivity index (χ1n) is 4.34. The van der Waals surface area contributed by atoms with Gasteiger partial charge in [-0.2, -0.15) is 11.3 Å². The van der Waals surface area contributed by atoms with Crippen molar-refractivity contribution in [2.45, 2.75) is 0 Å². The number of anilines is 1. The maximum absolute atomic E-state index is 10.7. The smallest absolute Gasteiger partial charge is 0.337 e. The summed E-state index contributed by atoms with van der Waals surface area (Å²) in [5, 5.41) is 12.8. The van der Waals surface area contributed by atoms with Gasteiger partial charge in [-0.25, -0.2) is 4.79 Å².